The summed E-state index contributed by atoms with van der Waals surface area (Å²) in [5, 5.41) is 0. The first kappa shape index (κ1) is 20.0. The smallest absolute Gasteiger partial charge is 0.416 e. The van der Waals surface area contributed by atoms with Gasteiger partial charge in [-0.05, 0) is 17.5 Å². The van der Waals surface area contributed by atoms with Crippen molar-refractivity contribution in [3.05, 3.63) is 35.4 Å². The van der Waals surface area contributed by atoms with E-state index in [-0.39, 0.29) is 18.8 Å². The zero-order valence-corrected chi connectivity index (χ0v) is 13.6. The molecule has 1 atom stereocenters. The number of hydrogen-bond donors (Lipinski definition) is 1. The van der Waals surface area contributed by atoms with Gasteiger partial charge >= 0.3 is 12.3 Å². The second-order valence-electron chi connectivity index (χ2n) is 6.29. The van der Waals surface area contributed by atoms with Crippen LogP contribution in [-0.4, -0.2) is 31.2 Å². The number of benzene rings is 1. The van der Waals surface area contributed by atoms with Crippen molar-refractivity contribution in [2.75, 3.05) is 13.2 Å². The van der Waals surface area contributed by atoms with Gasteiger partial charge in [-0.15, -0.1) is 0 Å². The Bertz CT molecular complexity index is 576. The average Bonchev–Trinajstić information content (AvgIpc) is 2.44. The highest BCUT2D eigenvalue weighted by atomic mass is 19.4. The van der Waals surface area contributed by atoms with E-state index in [9.17, 15) is 22.8 Å². The van der Waals surface area contributed by atoms with Crippen LogP contribution >= 0.6 is 0 Å². The number of ether oxygens (including phenoxy) is 2. The Kier molecular flexibility index (Phi) is 6.36. The molecule has 0 saturated carbocycles. The van der Waals surface area contributed by atoms with Crippen molar-refractivity contribution in [3.8, 4) is 0 Å². The first-order valence-corrected chi connectivity index (χ1v) is 7.15. The molecule has 0 bridgehead atoms. The van der Waals surface area contributed by atoms with Crippen molar-refractivity contribution in [1.82, 2.24) is 0 Å². The number of ketones is 1. The molecule has 24 heavy (non-hydrogen) atoms. The highest BCUT2D eigenvalue weighted by molar-refractivity contribution is 5.97. The van der Waals surface area contributed by atoms with E-state index in [1.54, 1.807) is 0 Å². The number of primary amides is 1. The van der Waals surface area contributed by atoms with Gasteiger partial charge in [0.15, 0.2) is 5.78 Å². The van der Waals surface area contributed by atoms with Crippen molar-refractivity contribution in [2.24, 2.45) is 11.1 Å². The summed E-state index contributed by atoms with van der Waals surface area (Å²) in [7, 11) is 0. The molecule has 1 amide bonds. The number of carbonyl (C=O) groups excluding carboxylic acids is 2. The maximum Gasteiger partial charge on any atom is 0.416 e. The largest absolute Gasteiger partial charge is 0.447 e. The second kappa shape index (κ2) is 7.65. The van der Waals surface area contributed by atoms with Crippen LogP contribution in [0.1, 0.15) is 36.7 Å². The minimum absolute atomic E-state index is 0.103. The molecule has 1 unspecified atom stereocenters. The Morgan fingerprint density at radius 3 is 2.08 bits per heavy atom. The van der Waals surface area contributed by atoms with Gasteiger partial charge in [-0.3, -0.25) is 4.79 Å². The van der Waals surface area contributed by atoms with Gasteiger partial charge in [0.1, 0.15) is 13.2 Å². The number of carbonyl (C=O) groups is 2. The van der Waals surface area contributed by atoms with Crippen LogP contribution in [0.25, 0.3) is 0 Å². The highest BCUT2D eigenvalue weighted by Crippen LogP contribution is 2.29. The molecule has 0 aliphatic heterocycles. The Labute approximate surface area is 137 Å². The number of rotatable bonds is 6. The number of nitrogens with two attached hydrogens (primary N) is 1. The molecule has 0 heterocycles. The van der Waals surface area contributed by atoms with Crippen molar-refractivity contribution >= 4 is 11.9 Å². The van der Waals surface area contributed by atoms with Crippen molar-refractivity contribution in [2.45, 2.75) is 33.1 Å². The zero-order valence-electron chi connectivity index (χ0n) is 13.6. The molecule has 0 fully saturated rings. The van der Waals surface area contributed by atoms with Gasteiger partial charge in [-0.2, -0.15) is 13.2 Å². The molecule has 0 spiro atoms. The van der Waals surface area contributed by atoms with Crippen LogP contribution < -0.4 is 5.73 Å². The predicted molar refractivity (Wildman–Crippen MR) is 80.5 cm³/mol. The first-order valence-electron chi connectivity index (χ1n) is 7.15. The predicted octanol–water partition coefficient (Wildman–Crippen LogP) is 3.41. The molecule has 0 radical (unpaired) electrons. The summed E-state index contributed by atoms with van der Waals surface area (Å²) in [5.41, 5.74) is 3.74. The molecule has 0 aliphatic carbocycles. The van der Waals surface area contributed by atoms with E-state index < -0.39 is 35.1 Å². The van der Waals surface area contributed by atoms with Crippen molar-refractivity contribution in [1.29, 1.82) is 0 Å². The third-order valence-corrected chi connectivity index (χ3v) is 3.29. The van der Waals surface area contributed by atoms with Gasteiger partial charge in [0.25, 0.3) is 0 Å². The summed E-state index contributed by atoms with van der Waals surface area (Å²) in [6.07, 6.45) is -6.01. The third kappa shape index (κ3) is 6.19. The second-order valence-corrected chi connectivity index (χ2v) is 6.29. The Hall–Kier alpha value is -2.09. The summed E-state index contributed by atoms with van der Waals surface area (Å²) < 4.78 is 47.6. The van der Waals surface area contributed by atoms with Gasteiger partial charge in [-0.25, -0.2) is 4.79 Å². The summed E-state index contributed by atoms with van der Waals surface area (Å²) in [6, 6.07) is 3.87. The van der Waals surface area contributed by atoms with Crippen LogP contribution in [-0.2, 0) is 15.7 Å². The molecule has 1 aromatic carbocycles. The van der Waals surface area contributed by atoms with Gasteiger partial charge in [0.2, 0.25) is 0 Å². The molecular weight excluding hydrogens is 327 g/mol. The summed E-state index contributed by atoms with van der Waals surface area (Å²) in [4.78, 5) is 22.7. The van der Waals surface area contributed by atoms with E-state index in [2.05, 4.69) is 0 Å². The lowest BCUT2D eigenvalue weighted by atomic mass is 9.89. The lowest BCUT2D eigenvalue weighted by molar-refractivity contribution is -0.137. The normalized spacial score (nSPS) is 13.4. The summed E-state index contributed by atoms with van der Waals surface area (Å²) in [5.74, 6) is -0.475. The third-order valence-electron chi connectivity index (χ3n) is 3.29. The fourth-order valence-corrected chi connectivity index (χ4v) is 1.81. The lowest BCUT2D eigenvalue weighted by Crippen LogP contribution is -2.36. The average molecular weight is 347 g/mol. The minimum Gasteiger partial charge on any atom is -0.447 e. The van der Waals surface area contributed by atoms with E-state index in [0.29, 0.717) is 0 Å². The van der Waals surface area contributed by atoms with Crippen LogP contribution in [0.4, 0.5) is 18.0 Å². The number of Topliss-reactive ketones (excluding diaryl/α,β-unsaturated/α-hetero) is 1. The van der Waals surface area contributed by atoms with E-state index in [4.69, 9.17) is 15.2 Å². The molecule has 0 aromatic heterocycles. The SMILES string of the molecule is CC(C)(C)C(COC(N)=O)OCC(=O)c1ccc(C(F)(F)F)cc1. The van der Waals surface area contributed by atoms with Gasteiger partial charge in [0.05, 0.1) is 11.7 Å². The van der Waals surface area contributed by atoms with Gasteiger partial charge < -0.3 is 15.2 Å². The Balaban J connectivity index is 2.70. The quantitative estimate of drug-likeness (QED) is 0.800. The van der Waals surface area contributed by atoms with E-state index in [1.807, 2.05) is 20.8 Å². The molecule has 1 aromatic rings. The number of halogens is 3. The number of amides is 1. The first-order chi connectivity index (χ1) is 10.9. The fraction of sp³-hybridized carbons (Fsp3) is 0.500. The zero-order chi connectivity index (χ0) is 18.5. The van der Waals surface area contributed by atoms with Gasteiger partial charge in [-0.1, -0.05) is 32.9 Å². The van der Waals surface area contributed by atoms with Crippen LogP contribution in [0.15, 0.2) is 24.3 Å². The Morgan fingerprint density at radius 2 is 1.67 bits per heavy atom. The monoisotopic (exact) mass is 347 g/mol. The van der Waals surface area contributed by atoms with Crippen LogP contribution in [0.3, 0.4) is 0 Å². The molecule has 8 heteroatoms. The van der Waals surface area contributed by atoms with E-state index >= 15 is 0 Å². The minimum atomic E-state index is -4.46. The van der Waals surface area contributed by atoms with Gasteiger partial charge in [0, 0.05) is 5.56 Å². The van der Waals surface area contributed by atoms with Crippen LogP contribution in [0, 0.1) is 5.41 Å². The topological polar surface area (TPSA) is 78.6 Å². The maximum absolute atomic E-state index is 12.5. The molecule has 1 rings (SSSR count). The maximum atomic E-state index is 12.5. The van der Waals surface area contributed by atoms with Crippen LogP contribution in [0.5, 0.6) is 0 Å². The fourth-order valence-electron chi connectivity index (χ4n) is 1.81. The summed E-state index contributed by atoms with van der Waals surface area (Å²) in [6.45, 7) is 4.99. The molecule has 2 N–H and O–H groups in total. The molecule has 134 valence electrons. The standard InChI is InChI=1S/C16H20F3NO4/c1-15(2,3)13(9-24-14(20)22)23-8-12(21)10-4-6-11(7-5-10)16(17,18)19/h4-7,13H,8-9H2,1-3H3,(H2,20,22). The highest BCUT2D eigenvalue weighted by Gasteiger charge is 2.30. The number of alkyl halides is 3. The molecular formula is C16H20F3NO4. The van der Waals surface area contributed by atoms with Crippen molar-refractivity contribution in [3.63, 3.8) is 0 Å². The Morgan fingerprint density at radius 1 is 1.12 bits per heavy atom. The number of hydrogen-bond acceptors (Lipinski definition) is 4. The molecule has 0 aliphatic rings. The molecule has 5 nitrogen and oxygen atoms in total. The lowest BCUT2D eigenvalue weighted by Gasteiger charge is -2.29. The molecule has 0 saturated heterocycles. The van der Waals surface area contributed by atoms with Crippen LogP contribution in [0.2, 0.25) is 0 Å². The summed E-state index contributed by atoms with van der Waals surface area (Å²) >= 11 is 0. The van der Waals surface area contributed by atoms with E-state index in [1.165, 1.54) is 0 Å². The van der Waals surface area contributed by atoms with E-state index in [0.717, 1.165) is 24.3 Å². The van der Waals surface area contributed by atoms with Crippen molar-refractivity contribution < 1.29 is 32.2 Å².